The van der Waals surface area contributed by atoms with Crippen LogP contribution in [-0.2, 0) is 0 Å². The lowest BCUT2D eigenvalue weighted by Gasteiger charge is -2.06. The van der Waals surface area contributed by atoms with Gasteiger partial charge in [0.2, 0.25) is 5.78 Å². The Morgan fingerprint density at radius 3 is 2.06 bits per heavy atom. The van der Waals surface area contributed by atoms with Crippen LogP contribution in [0.2, 0.25) is 0 Å². The molecule has 0 aliphatic heterocycles. The van der Waals surface area contributed by atoms with Crippen molar-refractivity contribution >= 4 is 34.5 Å². The van der Waals surface area contributed by atoms with Gasteiger partial charge in [0.15, 0.2) is 11.6 Å². The molecule has 2 heterocycles. The number of carboxylic acid groups (broad SMARTS) is 1. The van der Waals surface area contributed by atoms with Gasteiger partial charge in [0, 0.05) is 28.6 Å². The highest BCUT2D eigenvalue weighted by Crippen LogP contribution is 2.26. The van der Waals surface area contributed by atoms with Crippen molar-refractivity contribution in [3.63, 3.8) is 0 Å². The molecular weight excluding hydrogens is 440 g/mol. The van der Waals surface area contributed by atoms with E-state index in [1.165, 1.54) is 18.2 Å². The highest BCUT2D eigenvalue weighted by molar-refractivity contribution is 6.15. The topological polar surface area (TPSA) is 110 Å². The van der Waals surface area contributed by atoms with Crippen LogP contribution in [0.15, 0.2) is 108 Å². The third-order valence-corrected chi connectivity index (χ3v) is 5.59. The molecule has 2 aromatic heterocycles. The van der Waals surface area contributed by atoms with Crippen LogP contribution in [0.1, 0.15) is 37.7 Å². The second-order valence-corrected chi connectivity index (χ2v) is 7.84. The average Bonchev–Trinajstić information content (AvgIpc) is 3.26. The summed E-state index contributed by atoms with van der Waals surface area (Å²) in [6.07, 6.45) is 1.73. The molecule has 0 saturated heterocycles. The minimum Gasteiger partial charge on any atom is -0.478 e. The highest BCUT2D eigenvalue weighted by Gasteiger charge is 2.21. The van der Waals surface area contributed by atoms with Crippen LogP contribution in [0, 0.1) is 0 Å². The largest absolute Gasteiger partial charge is 0.478 e. The number of ketones is 1. The SMILES string of the molecule is Nc1ccc(C(=O)c2nc(N=C(c3ccccc3)c3ccccc3)c3ccccn23)cc1C(=O)O. The molecular formula is C28H20N4O3. The Labute approximate surface area is 200 Å². The number of anilines is 1. The van der Waals surface area contributed by atoms with Crippen LogP contribution in [0.25, 0.3) is 5.52 Å². The molecule has 0 bridgehead atoms. The molecule has 0 fully saturated rings. The standard InChI is InChI=1S/C28H20N4O3/c29-22-15-14-20(17-21(22)28(34)35)25(33)27-31-26(23-13-7-8-16-32(23)27)30-24(18-9-3-1-4-10-18)19-11-5-2-6-12-19/h1-17H,29H2,(H,34,35). The first-order valence-corrected chi connectivity index (χ1v) is 10.9. The van der Waals surface area contributed by atoms with E-state index in [-0.39, 0.29) is 22.6 Å². The van der Waals surface area contributed by atoms with Gasteiger partial charge in [0.1, 0.15) is 0 Å². The number of rotatable bonds is 6. The number of pyridine rings is 1. The zero-order chi connectivity index (χ0) is 24.4. The molecule has 3 N–H and O–H groups in total. The Kier molecular flexibility index (Phi) is 5.65. The predicted molar refractivity (Wildman–Crippen MR) is 135 cm³/mol. The van der Waals surface area contributed by atoms with Crippen LogP contribution < -0.4 is 5.73 Å². The van der Waals surface area contributed by atoms with E-state index in [0.717, 1.165) is 16.8 Å². The van der Waals surface area contributed by atoms with Crippen molar-refractivity contribution in [2.75, 3.05) is 5.73 Å². The maximum absolute atomic E-state index is 13.4. The molecule has 0 radical (unpaired) electrons. The molecule has 7 nitrogen and oxygen atoms in total. The fraction of sp³-hybridized carbons (Fsp3) is 0. The van der Waals surface area contributed by atoms with Gasteiger partial charge in [-0.1, -0.05) is 66.7 Å². The quantitative estimate of drug-likeness (QED) is 0.210. The molecule has 0 aliphatic carbocycles. The summed E-state index contributed by atoms with van der Waals surface area (Å²) in [5.41, 5.74) is 9.07. The number of aliphatic imine (C=N–C) groups is 1. The zero-order valence-electron chi connectivity index (χ0n) is 18.5. The van der Waals surface area contributed by atoms with Gasteiger partial charge in [-0.3, -0.25) is 9.20 Å². The second kappa shape index (κ2) is 9.07. The lowest BCUT2D eigenvalue weighted by molar-refractivity contribution is 0.0698. The van der Waals surface area contributed by atoms with E-state index in [9.17, 15) is 14.7 Å². The van der Waals surface area contributed by atoms with E-state index in [2.05, 4.69) is 4.98 Å². The molecule has 5 rings (SSSR count). The van der Waals surface area contributed by atoms with E-state index in [1.807, 2.05) is 72.8 Å². The van der Waals surface area contributed by atoms with Gasteiger partial charge in [0.05, 0.1) is 16.8 Å². The van der Waals surface area contributed by atoms with Crippen molar-refractivity contribution < 1.29 is 14.7 Å². The van der Waals surface area contributed by atoms with E-state index in [4.69, 9.17) is 10.7 Å². The number of carboxylic acids is 1. The van der Waals surface area contributed by atoms with Crippen LogP contribution in [0.5, 0.6) is 0 Å². The highest BCUT2D eigenvalue weighted by atomic mass is 16.4. The number of imidazole rings is 1. The summed E-state index contributed by atoms with van der Waals surface area (Å²) in [6, 6.07) is 29.2. The molecule has 0 atom stereocenters. The first-order chi connectivity index (χ1) is 17.0. The molecule has 0 unspecified atom stereocenters. The molecule has 7 heteroatoms. The molecule has 5 aromatic rings. The third-order valence-electron chi connectivity index (χ3n) is 5.59. The third kappa shape index (κ3) is 4.18. The van der Waals surface area contributed by atoms with Crippen molar-refractivity contribution in [3.8, 4) is 0 Å². The van der Waals surface area contributed by atoms with Crippen molar-refractivity contribution in [2.24, 2.45) is 4.99 Å². The fourth-order valence-corrected chi connectivity index (χ4v) is 3.87. The Balaban J connectivity index is 1.68. The van der Waals surface area contributed by atoms with Crippen LogP contribution in [0.4, 0.5) is 11.5 Å². The fourth-order valence-electron chi connectivity index (χ4n) is 3.87. The molecule has 0 saturated carbocycles. The minimum absolute atomic E-state index is 0.0858. The lowest BCUT2D eigenvalue weighted by atomic mass is 10.0. The minimum atomic E-state index is -1.20. The smallest absolute Gasteiger partial charge is 0.337 e. The summed E-state index contributed by atoms with van der Waals surface area (Å²) in [7, 11) is 0. The number of fused-ring (bicyclic) bond motifs is 1. The monoisotopic (exact) mass is 460 g/mol. The second-order valence-electron chi connectivity index (χ2n) is 7.84. The maximum Gasteiger partial charge on any atom is 0.337 e. The van der Waals surface area contributed by atoms with Gasteiger partial charge in [-0.05, 0) is 30.3 Å². The molecule has 170 valence electrons. The number of hydrogen-bond acceptors (Lipinski definition) is 5. The van der Waals surface area contributed by atoms with E-state index < -0.39 is 11.8 Å². The number of carbonyl (C=O) groups excluding carboxylic acids is 1. The number of carbonyl (C=O) groups is 2. The summed E-state index contributed by atoms with van der Waals surface area (Å²) in [5, 5.41) is 9.40. The number of benzene rings is 3. The van der Waals surface area contributed by atoms with E-state index in [1.54, 1.807) is 16.7 Å². The molecule has 3 aromatic carbocycles. The van der Waals surface area contributed by atoms with Crippen molar-refractivity contribution in [2.45, 2.75) is 0 Å². The Morgan fingerprint density at radius 1 is 0.800 bits per heavy atom. The van der Waals surface area contributed by atoms with Gasteiger partial charge in [0.25, 0.3) is 0 Å². The number of nitrogens with zero attached hydrogens (tertiary/aromatic N) is 3. The lowest BCUT2D eigenvalue weighted by Crippen LogP contribution is -2.10. The number of hydrogen-bond donors (Lipinski definition) is 2. The van der Waals surface area contributed by atoms with Gasteiger partial charge in [-0.15, -0.1) is 0 Å². The van der Waals surface area contributed by atoms with Crippen molar-refractivity contribution in [1.82, 2.24) is 9.38 Å². The Morgan fingerprint density at radius 2 is 1.43 bits per heavy atom. The normalized spacial score (nSPS) is 10.7. The van der Waals surface area contributed by atoms with Crippen molar-refractivity contribution in [1.29, 1.82) is 0 Å². The van der Waals surface area contributed by atoms with Crippen molar-refractivity contribution in [3.05, 3.63) is 131 Å². The molecule has 35 heavy (non-hydrogen) atoms. The maximum atomic E-state index is 13.4. The van der Waals surface area contributed by atoms with Crippen LogP contribution in [-0.4, -0.2) is 32.0 Å². The Hall–Kier alpha value is -5.04. The average molecular weight is 460 g/mol. The number of aromatic nitrogens is 2. The first-order valence-electron chi connectivity index (χ1n) is 10.9. The van der Waals surface area contributed by atoms with Gasteiger partial charge in [-0.25, -0.2) is 14.8 Å². The van der Waals surface area contributed by atoms with Gasteiger partial charge < -0.3 is 10.8 Å². The molecule has 0 amide bonds. The summed E-state index contributed by atoms with van der Waals surface area (Å²) in [4.78, 5) is 34.4. The summed E-state index contributed by atoms with van der Waals surface area (Å²) in [6.45, 7) is 0. The molecule has 0 spiro atoms. The summed E-state index contributed by atoms with van der Waals surface area (Å²) < 4.78 is 1.66. The van der Waals surface area contributed by atoms with Crippen LogP contribution >= 0.6 is 0 Å². The van der Waals surface area contributed by atoms with E-state index >= 15 is 0 Å². The van der Waals surface area contributed by atoms with E-state index in [0.29, 0.717) is 11.3 Å². The first kappa shape index (κ1) is 21.8. The predicted octanol–water partition coefficient (Wildman–Crippen LogP) is 5.01. The number of nitrogens with two attached hydrogens (primary N) is 1. The number of aromatic carboxylic acids is 1. The van der Waals surface area contributed by atoms with Gasteiger partial charge in [-0.2, -0.15) is 0 Å². The molecule has 0 aliphatic rings. The zero-order valence-corrected chi connectivity index (χ0v) is 18.5. The van der Waals surface area contributed by atoms with Crippen LogP contribution in [0.3, 0.4) is 0 Å². The number of nitrogen functional groups attached to an aromatic ring is 1. The summed E-state index contributed by atoms with van der Waals surface area (Å²) >= 11 is 0. The van der Waals surface area contributed by atoms with Gasteiger partial charge >= 0.3 is 5.97 Å². The Bertz CT molecular complexity index is 1550. The summed E-state index contributed by atoms with van der Waals surface area (Å²) in [5.74, 6) is -1.13.